The summed E-state index contributed by atoms with van der Waals surface area (Å²) in [5.74, 6) is -0.0753. The van der Waals surface area contributed by atoms with Gasteiger partial charge < -0.3 is 10.4 Å². The SMILES string of the molecule is CCc1cc(C(=O)N[C@@H](CC)CO)sc1C. The molecule has 1 aromatic heterocycles. The van der Waals surface area contributed by atoms with Gasteiger partial charge in [0.2, 0.25) is 0 Å². The van der Waals surface area contributed by atoms with Crippen LogP contribution in [0.15, 0.2) is 6.07 Å². The highest BCUT2D eigenvalue weighted by Gasteiger charge is 2.14. The fraction of sp³-hybridized carbons (Fsp3) is 0.583. The summed E-state index contributed by atoms with van der Waals surface area (Å²) in [5, 5.41) is 11.8. The zero-order valence-electron chi connectivity index (χ0n) is 10.0. The number of thiophene rings is 1. The molecule has 1 amide bonds. The van der Waals surface area contributed by atoms with E-state index < -0.39 is 0 Å². The van der Waals surface area contributed by atoms with Gasteiger partial charge in [-0.15, -0.1) is 11.3 Å². The fourth-order valence-electron chi connectivity index (χ4n) is 1.52. The molecule has 0 fully saturated rings. The van der Waals surface area contributed by atoms with Crippen LogP contribution in [0, 0.1) is 6.92 Å². The van der Waals surface area contributed by atoms with Crippen molar-refractivity contribution in [3.63, 3.8) is 0 Å². The molecule has 4 heteroatoms. The van der Waals surface area contributed by atoms with Gasteiger partial charge in [-0.3, -0.25) is 4.79 Å². The first-order valence-corrected chi connectivity index (χ1v) is 6.45. The molecule has 0 aliphatic carbocycles. The van der Waals surface area contributed by atoms with Gasteiger partial charge in [-0.05, 0) is 31.4 Å². The van der Waals surface area contributed by atoms with Gasteiger partial charge in [-0.2, -0.15) is 0 Å². The number of rotatable bonds is 5. The molecule has 0 saturated carbocycles. The van der Waals surface area contributed by atoms with E-state index in [9.17, 15) is 4.79 Å². The zero-order valence-corrected chi connectivity index (χ0v) is 10.9. The highest BCUT2D eigenvalue weighted by atomic mass is 32.1. The quantitative estimate of drug-likeness (QED) is 0.829. The third-order valence-electron chi connectivity index (χ3n) is 2.67. The molecule has 2 N–H and O–H groups in total. The maximum atomic E-state index is 11.8. The van der Waals surface area contributed by atoms with E-state index in [2.05, 4.69) is 12.2 Å². The Bertz CT molecular complexity index is 356. The second-order valence-corrected chi connectivity index (χ2v) is 5.06. The number of nitrogens with one attached hydrogen (secondary N) is 1. The normalized spacial score (nSPS) is 12.5. The number of aliphatic hydroxyl groups excluding tert-OH is 1. The summed E-state index contributed by atoms with van der Waals surface area (Å²) in [6.45, 7) is 6.05. The predicted molar refractivity (Wildman–Crippen MR) is 67.1 cm³/mol. The summed E-state index contributed by atoms with van der Waals surface area (Å²) in [6, 6.07) is 1.80. The highest BCUT2D eigenvalue weighted by molar-refractivity contribution is 7.14. The third kappa shape index (κ3) is 3.06. The van der Waals surface area contributed by atoms with Gasteiger partial charge in [0, 0.05) is 4.88 Å². The standard InChI is InChI=1S/C12H19NO2S/c1-4-9-6-11(16-8(9)3)12(15)13-10(5-2)7-14/h6,10,14H,4-5,7H2,1-3H3,(H,13,15)/t10-/m0/s1. The monoisotopic (exact) mass is 241 g/mol. The van der Waals surface area contributed by atoms with Crippen LogP contribution in [0.5, 0.6) is 0 Å². The van der Waals surface area contributed by atoms with Crippen LogP contribution in [0.4, 0.5) is 0 Å². The first kappa shape index (κ1) is 13.2. The second kappa shape index (κ2) is 6.01. The number of hydrogen-bond donors (Lipinski definition) is 2. The van der Waals surface area contributed by atoms with E-state index in [1.807, 2.05) is 19.9 Å². The molecule has 0 aromatic carbocycles. The highest BCUT2D eigenvalue weighted by Crippen LogP contribution is 2.21. The van der Waals surface area contributed by atoms with E-state index >= 15 is 0 Å². The van der Waals surface area contributed by atoms with E-state index in [1.54, 1.807) is 0 Å². The van der Waals surface area contributed by atoms with Crippen LogP contribution in [0.2, 0.25) is 0 Å². The second-order valence-electron chi connectivity index (χ2n) is 3.81. The van der Waals surface area contributed by atoms with Crippen molar-refractivity contribution >= 4 is 17.2 Å². The smallest absolute Gasteiger partial charge is 0.261 e. The first-order valence-electron chi connectivity index (χ1n) is 5.63. The number of hydrogen-bond acceptors (Lipinski definition) is 3. The van der Waals surface area contributed by atoms with E-state index in [0.29, 0.717) is 0 Å². The van der Waals surface area contributed by atoms with Crippen LogP contribution >= 0.6 is 11.3 Å². The minimum absolute atomic E-state index is 0.00671. The number of amides is 1. The molecule has 0 saturated heterocycles. The van der Waals surface area contributed by atoms with Crippen molar-refractivity contribution in [2.45, 2.75) is 39.7 Å². The van der Waals surface area contributed by atoms with Gasteiger partial charge in [0.05, 0.1) is 17.5 Å². The van der Waals surface area contributed by atoms with Crippen molar-refractivity contribution in [1.82, 2.24) is 5.32 Å². The summed E-state index contributed by atoms with van der Waals surface area (Å²) in [6.07, 6.45) is 1.69. The van der Waals surface area contributed by atoms with Gasteiger partial charge in [0.25, 0.3) is 5.91 Å². The largest absolute Gasteiger partial charge is 0.394 e. The zero-order chi connectivity index (χ0) is 12.1. The van der Waals surface area contributed by atoms with E-state index in [-0.39, 0.29) is 18.6 Å². The molecule has 1 atom stereocenters. The minimum Gasteiger partial charge on any atom is -0.394 e. The fourth-order valence-corrected chi connectivity index (χ4v) is 2.53. The average molecular weight is 241 g/mol. The van der Waals surface area contributed by atoms with Crippen molar-refractivity contribution in [3.8, 4) is 0 Å². The number of carbonyl (C=O) groups is 1. The topological polar surface area (TPSA) is 49.3 Å². The summed E-state index contributed by atoms with van der Waals surface area (Å²) < 4.78 is 0. The van der Waals surface area contributed by atoms with Crippen molar-refractivity contribution < 1.29 is 9.90 Å². The van der Waals surface area contributed by atoms with E-state index in [0.717, 1.165) is 17.7 Å². The van der Waals surface area contributed by atoms with E-state index in [4.69, 9.17) is 5.11 Å². The van der Waals surface area contributed by atoms with Crippen LogP contribution in [0.1, 0.15) is 40.4 Å². The van der Waals surface area contributed by atoms with Crippen molar-refractivity contribution in [3.05, 3.63) is 21.4 Å². The average Bonchev–Trinajstić information content (AvgIpc) is 2.67. The molecule has 0 spiro atoms. The van der Waals surface area contributed by atoms with Crippen LogP contribution in [0.25, 0.3) is 0 Å². The molecule has 3 nitrogen and oxygen atoms in total. The lowest BCUT2D eigenvalue weighted by molar-refractivity contribution is 0.0919. The Hall–Kier alpha value is -0.870. The molecule has 0 unspecified atom stereocenters. The van der Waals surface area contributed by atoms with Crippen molar-refractivity contribution in [2.24, 2.45) is 0 Å². The molecule has 1 aromatic rings. The Morgan fingerprint density at radius 3 is 2.69 bits per heavy atom. The van der Waals surface area contributed by atoms with Crippen LogP contribution in [-0.4, -0.2) is 23.7 Å². The van der Waals surface area contributed by atoms with Gasteiger partial charge in [0.15, 0.2) is 0 Å². The van der Waals surface area contributed by atoms with Gasteiger partial charge >= 0.3 is 0 Å². The third-order valence-corrected chi connectivity index (χ3v) is 3.77. The molecule has 0 aliphatic heterocycles. The Morgan fingerprint density at radius 1 is 1.56 bits per heavy atom. The van der Waals surface area contributed by atoms with Gasteiger partial charge in [-0.1, -0.05) is 13.8 Å². The summed E-state index contributed by atoms with van der Waals surface area (Å²) in [7, 11) is 0. The van der Waals surface area contributed by atoms with Crippen molar-refractivity contribution in [1.29, 1.82) is 0 Å². The molecule has 1 heterocycles. The lowest BCUT2D eigenvalue weighted by atomic mass is 10.2. The molecular weight excluding hydrogens is 222 g/mol. The summed E-state index contributed by atoms with van der Waals surface area (Å²) in [5.41, 5.74) is 1.23. The van der Waals surface area contributed by atoms with Gasteiger partial charge in [0.1, 0.15) is 0 Å². The van der Waals surface area contributed by atoms with Gasteiger partial charge in [-0.25, -0.2) is 0 Å². The molecule has 0 radical (unpaired) electrons. The molecule has 0 bridgehead atoms. The summed E-state index contributed by atoms with van der Waals surface area (Å²) >= 11 is 1.52. The van der Waals surface area contributed by atoms with E-state index in [1.165, 1.54) is 21.8 Å². The Morgan fingerprint density at radius 2 is 2.25 bits per heavy atom. The van der Waals surface area contributed by atoms with Crippen LogP contribution in [0.3, 0.4) is 0 Å². The lowest BCUT2D eigenvalue weighted by Crippen LogP contribution is -2.36. The molecule has 0 aliphatic rings. The maximum absolute atomic E-state index is 11.8. The van der Waals surface area contributed by atoms with Crippen LogP contribution in [-0.2, 0) is 6.42 Å². The summed E-state index contributed by atoms with van der Waals surface area (Å²) in [4.78, 5) is 13.8. The lowest BCUT2D eigenvalue weighted by Gasteiger charge is -2.12. The molecular formula is C12H19NO2S. The number of aliphatic hydroxyl groups is 1. The molecule has 16 heavy (non-hydrogen) atoms. The number of aryl methyl sites for hydroxylation is 2. The Balaban J connectivity index is 2.72. The maximum Gasteiger partial charge on any atom is 0.261 e. The van der Waals surface area contributed by atoms with Crippen LogP contribution < -0.4 is 5.32 Å². The minimum atomic E-state index is -0.139. The molecule has 1 rings (SSSR count). The first-order chi connectivity index (χ1) is 7.62. The Kier molecular flexibility index (Phi) is 4.96. The molecule has 90 valence electrons. The Labute approximate surface area is 100 Å². The van der Waals surface area contributed by atoms with Crippen molar-refractivity contribution in [2.75, 3.05) is 6.61 Å². The predicted octanol–water partition coefficient (Wildman–Crippen LogP) is 2.12. The number of carbonyl (C=O) groups excluding carboxylic acids is 1.